The average molecular weight is 791 g/mol. The Kier molecular flexibility index (Phi) is 8.36. The summed E-state index contributed by atoms with van der Waals surface area (Å²) in [5.41, 5.74) is 17.3. The number of aromatic nitrogens is 3. The van der Waals surface area contributed by atoms with E-state index in [9.17, 15) is 0 Å². The predicted molar refractivity (Wildman–Crippen MR) is 253 cm³/mol. The quantitative estimate of drug-likeness (QED) is 0.178. The largest absolute Gasteiger partial charge is 0.310 e. The van der Waals surface area contributed by atoms with Crippen LogP contribution in [0, 0.1) is 0 Å². The first-order chi connectivity index (χ1) is 30.7. The van der Waals surface area contributed by atoms with Gasteiger partial charge in [-0.25, -0.2) is 15.0 Å². The van der Waals surface area contributed by atoms with Gasteiger partial charge in [-0.1, -0.05) is 182 Å². The van der Waals surface area contributed by atoms with E-state index in [1.807, 2.05) is 30.3 Å². The lowest BCUT2D eigenvalue weighted by Gasteiger charge is -2.35. The van der Waals surface area contributed by atoms with Crippen LogP contribution in [0.5, 0.6) is 0 Å². The standard InChI is InChI=1S/C58H38N4/c1-4-16-39(17-5-1)55-59-56-44-22-12-18-40(34-44)42-20-14-28-48(36-42)62(49-29-15-21-43(37-49)41-19-13-23-45(35-41)57(60-55)61-56)50-32-33-52-51-30-10-11-31-53(51)58(54(52)38-50,46-24-6-2-7-25-46)47-26-8-3-9-27-47/h1-38H. The smallest absolute Gasteiger partial charge is 0.164 e. The second-order valence-corrected chi connectivity index (χ2v) is 16.0. The highest BCUT2D eigenvalue weighted by Crippen LogP contribution is 2.57. The fourth-order valence-corrected chi connectivity index (χ4v) is 9.69. The van der Waals surface area contributed by atoms with Crippen molar-refractivity contribution in [2.24, 2.45) is 0 Å². The maximum absolute atomic E-state index is 5.12. The Morgan fingerprint density at radius 1 is 0.274 bits per heavy atom. The molecule has 2 heterocycles. The molecule has 12 rings (SSSR count). The van der Waals surface area contributed by atoms with Gasteiger partial charge in [0.1, 0.15) is 0 Å². The van der Waals surface area contributed by atoms with E-state index in [1.165, 1.54) is 33.4 Å². The molecular formula is C58H38N4. The summed E-state index contributed by atoms with van der Waals surface area (Å²) in [5.74, 6) is 1.91. The summed E-state index contributed by atoms with van der Waals surface area (Å²) >= 11 is 0. The molecule has 4 nitrogen and oxygen atoms in total. The molecule has 290 valence electrons. The van der Waals surface area contributed by atoms with Crippen molar-refractivity contribution in [3.63, 3.8) is 0 Å². The first-order valence-corrected chi connectivity index (χ1v) is 21.1. The zero-order valence-corrected chi connectivity index (χ0v) is 33.7. The minimum Gasteiger partial charge on any atom is -0.310 e. The van der Waals surface area contributed by atoms with E-state index in [2.05, 4.69) is 205 Å². The lowest BCUT2D eigenvalue weighted by molar-refractivity contribution is 0.768. The molecule has 1 aliphatic heterocycles. The van der Waals surface area contributed by atoms with Gasteiger partial charge in [0.15, 0.2) is 17.5 Å². The topological polar surface area (TPSA) is 41.9 Å². The summed E-state index contributed by atoms with van der Waals surface area (Å²) in [5, 5.41) is 0. The van der Waals surface area contributed by atoms with Gasteiger partial charge in [0.2, 0.25) is 0 Å². The second-order valence-electron chi connectivity index (χ2n) is 16.0. The average Bonchev–Trinajstić information content (AvgIpc) is 3.65. The van der Waals surface area contributed by atoms with Crippen molar-refractivity contribution < 1.29 is 0 Å². The molecular weight excluding hydrogens is 753 g/mol. The van der Waals surface area contributed by atoms with Crippen LogP contribution in [0.25, 0.3) is 67.5 Å². The van der Waals surface area contributed by atoms with E-state index < -0.39 is 5.41 Å². The van der Waals surface area contributed by atoms with Gasteiger partial charge >= 0.3 is 0 Å². The van der Waals surface area contributed by atoms with E-state index in [4.69, 9.17) is 15.0 Å². The maximum Gasteiger partial charge on any atom is 0.164 e. The summed E-state index contributed by atoms with van der Waals surface area (Å²) in [6.45, 7) is 0. The zero-order valence-electron chi connectivity index (χ0n) is 33.7. The van der Waals surface area contributed by atoms with Crippen LogP contribution in [0.4, 0.5) is 17.1 Å². The summed E-state index contributed by atoms with van der Waals surface area (Å²) in [4.78, 5) is 17.7. The van der Waals surface area contributed by atoms with Crippen molar-refractivity contribution in [2.45, 2.75) is 5.41 Å². The van der Waals surface area contributed by atoms with Gasteiger partial charge in [0.25, 0.3) is 0 Å². The SMILES string of the molecule is c1ccc(-c2nc3nc(n2)-c2cccc(c2)-c2cccc(c2)N(c2ccc4c(c2)C(c2ccccc2)(c2ccccc2)c2ccccc2-4)c2cccc(c2)-c2cccc-3c2)cc1. The van der Waals surface area contributed by atoms with Gasteiger partial charge in [-0.05, 0) is 104 Å². The Labute approximate surface area is 361 Å². The lowest BCUT2D eigenvalue weighted by Crippen LogP contribution is -2.28. The Bertz CT molecular complexity index is 3160. The fourth-order valence-electron chi connectivity index (χ4n) is 9.69. The molecule has 0 spiro atoms. The van der Waals surface area contributed by atoms with Gasteiger partial charge in [-0.15, -0.1) is 0 Å². The van der Waals surface area contributed by atoms with Gasteiger partial charge in [0.05, 0.1) is 5.41 Å². The molecule has 4 heteroatoms. The van der Waals surface area contributed by atoms with Gasteiger partial charge in [-0.3, -0.25) is 0 Å². The van der Waals surface area contributed by atoms with Crippen LogP contribution in [0.2, 0.25) is 0 Å². The summed E-state index contributed by atoms with van der Waals surface area (Å²) in [6.07, 6.45) is 0. The third kappa shape index (κ3) is 5.80. The molecule has 0 atom stereocenters. The molecule has 0 saturated carbocycles. The van der Waals surface area contributed by atoms with E-state index in [-0.39, 0.29) is 0 Å². The van der Waals surface area contributed by atoms with Crippen molar-refractivity contribution in [1.29, 1.82) is 0 Å². The number of benzene rings is 9. The first-order valence-electron chi connectivity index (χ1n) is 21.1. The number of hydrogen-bond donors (Lipinski definition) is 0. The monoisotopic (exact) mass is 790 g/mol. The third-order valence-corrected chi connectivity index (χ3v) is 12.5. The van der Waals surface area contributed by atoms with Crippen molar-refractivity contribution in [1.82, 2.24) is 15.0 Å². The van der Waals surface area contributed by atoms with Crippen LogP contribution in [0.3, 0.4) is 0 Å². The highest BCUT2D eigenvalue weighted by molar-refractivity contribution is 5.91. The van der Waals surface area contributed by atoms with Crippen molar-refractivity contribution >= 4 is 17.1 Å². The van der Waals surface area contributed by atoms with E-state index in [0.717, 1.165) is 56.0 Å². The molecule has 0 radical (unpaired) electrons. The first kappa shape index (κ1) is 35.7. The number of anilines is 3. The van der Waals surface area contributed by atoms with Crippen LogP contribution in [0.1, 0.15) is 22.3 Å². The molecule has 62 heavy (non-hydrogen) atoms. The van der Waals surface area contributed by atoms with Gasteiger partial charge in [0, 0.05) is 33.8 Å². The van der Waals surface area contributed by atoms with Crippen LogP contribution in [-0.2, 0) is 5.41 Å². The van der Waals surface area contributed by atoms with Gasteiger partial charge in [-0.2, -0.15) is 0 Å². The molecule has 0 fully saturated rings. The zero-order chi connectivity index (χ0) is 41.0. The summed E-state index contributed by atoms with van der Waals surface area (Å²) in [6, 6.07) is 83.0. The predicted octanol–water partition coefficient (Wildman–Crippen LogP) is 14.4. The number of nitrogens with zero attached hydrogens (tertiary/aromatic N) is 4. The highest BCUT2D eigenvalue weighted by atomic mass is 15.1. The Hall–Kier alpha value is -8.21. The minimum absolute atomic E-state index is 0.527. The number of hydrogen-bond acceptors (Lipinski definition) is 4. The third-order valence-electron chi connectivity index (χ3n) is 12.5. The van der Waals surface area contributed by atoms with E-state index in [0.29, 0.717) is 17.5 Å². The Morgan fingerprint density at radius 3 is 1.24 bits per heavy atom. The van der Waals surface area contributed by atoms with E-state index >= 15 is 0 Å². The number of fused-ring (bicyclic) bond motifs is 17. The molecule has 2 aliphatic rings. The molecule has 0 N–H and O–H groups in total. The Balaban J connectivity index is 1.10. The second kappa shape index (κ2) is 14.5. The minimum atomic E-state index is -0.527. The van der Waals surface area contributed by atoms with Crippen molar-refractivity contribution in [3.05, 3.63) is 253 Å². The molecule has 0 amide bonds. The van der Waals surface area contributed by atoms with Crippen LogP contribution >= 0.6 is 0 Å². The molecule has 9 aromatic carbocycles. The van der Waals surface area contributed by atoms with Crippen LogP contribution in [-0.4, -0.2) is 15.0 Å². The van der Waals surface area contributed by atoms with Crippen molar-refractivity contribution in [2.75, 3.05) is 4.90 Å². The Morgan fingerprint density at radius 2 is 0.677 bits per heavy atom. The lowest BCUT2D eigenvalue weighted by atomic mass is 9.67. The molecule has 0 saturated heterocycles. The highest BCUT2D eigenvalue weighted by Gasteiger charge is 2.46. The molecule has 1 aliphatic carbocycles. The summed E-state index contributed by atoms with van der Waals surface area (Å²) in [7, 11) is 0. The fraction of sp³-hybridized carbons (Fsp3) is 0.0172. The van der Waals surface area contributed by atoms with Gasteiger partial charge < -0.3 is 4.90 Å². The van der Waals surface area contributed by atoms with Crippen LogP contribution in [0.15, 0.2) is 231 Å². The molecule has 1 aromatic heterocycles. The summed E-state index contributed by atoms with van der Waals surface area (Å²) < 4.78 is 0. The van der Waals surface area contributed by atoms with E-state index in [1.54, 1.807) is 0 Å². The van der Waals surface area contributed by atoms with Crippen LogP contribution < -0.4 is 4.90 Å². The molecule has 10 bridgehead atoms. The number of rotatable bonds is 4. The van der Waals surface area contributed by atoms with Crippen molar-refractivity contribution in [3.8, 4) is 67.5 Å². The maximum atomic E-state index is 5.12. The normalized spacial score (nSPS) is 12.9. The molecule has 0 unspecified atom stereocenters. The molecule has 10 aromatic rings.